The minimum atomic E-state index is -0.380. The van der Waals surface area contributed by atoms with Crippen LogP contribution in [0.25, 0.3) is 0 Å². The molecule has 2 rings (SSSR count). The molecule has 0 aromatic carbocycles. The van der Waals surface area contributed by atoms with E-state index in [0.29, 0.717) is 12.2 Å². The summed E-state index contributed by atoms with van der Waals surface area (Å²) < 4.78 is 6.42. The number of carbonyl (C=O) groups excluding carboxylic acids is 2. The van der Waals surface area contributed by atoms with E-state index in [1.54, 1.807) is 15.6 Å². The number of methoxy groups -OCH3 is 1. The van der Waals surface area contributed by atoms with Crippen LogP contribution < -0.4 is 0 Å². The molecule has 0 spiro atoms. The molecule has 6 heteroatoms. The Morgan fingerprint density at radius 2 is 2.10 bits per heavy atom. The van der Waals surface area contributed by atoms with E-state index < -0.39 is 0 Å². The molecule has 1 saturated carbocycles. The van der Waals surface area contributed by atoms with E-state index in [-0.39, 0.29) is 24.5 Å². The van der Waals surface area contributed by atoms with Gasteiger partial charge in [0.1, 0.15) is 12.2 Å². The molecule has 1 heterocycles. The minimum absolute atomic E-state index is 0.00788. The first-order chi connectivity index (χ1) is 10.1. The molecule has 21 heavy (non-hydrogen) atoms. The van der Waals surface area contributed by atoms with Gasteiger partial charge in [0.15, 0.2) is 0 Å². The predicted octanol–water partition coefficient (Wildman–Crippen LogP) is 1.77. The minimum Gasteiger partial charge on any atom is -0.468 e. The van der Waals surface area contributed by atoms with Gasteiger partial charge in [-0.3, -0.25) is 14.3 Å². The Labute approximate surface area is 125 Å². The fourth-order valence-corrected chi connectivity index (χ4v) is 2.89. The number of hydrogen-bond donors (Lipinski definition) is 0. The standard InChI is InChI=1S/C15H23N3O3/c1-4-18-13(9-11(2)16-18)15(20)17(10-14(19)21-3)12-7-5-6-8-12/h9,12H,4-8,10H2,1-3H3. The van der Waals surface area contributed by atoms with E-state index in [0.717, 1.165) is 31.4 Å². The van der Waals surface area contributed by atoms with Crippen molar-refractivity contribution >= 4 is 11.9 Å². The van der Waals surface area contributed by atoms with Crippen LogP contribution >= 0.6 is 0 Å². The summed E-state index contributed by atoms with van der Waals surface area (Å²) in [5, 5.41) is 4.31. The molecular weight excluding hydrogens is 270 g/mol. The molecule has 116 valence electrons. The Bertz CT molecular complexity index is 518. The maximum absolute atomic E-state index is 12.8. The molecule has 6 nitrogen and oxygen atoms in total. The van der Waals surface area contributed by atoms with Crippen LogP contribution in [0.4, 0.5) is 0 Å². The summed E-state index contributed by atoms with van der Waals surface area (Å²) in [4.78, 5) is 26.1. The summed E-state index contributed by atoms with van der Waals surface area (Å²) >= 11 is 0. The first-order valence-corrected chi connectivity index (χ1v) is 7.49. The molecule has 1 aromatic heterocycles. The van der Waals surface area contributed by atoms with Gasteiger partial charge in [0.05, 0.1) is 12.8 Å². The van der Waals surface area contributed by atoms with Crippen molar-refractivity contribution in [2.75, 3.05) is 13.7 Å². The van der Waals surface area contributed by atoms with Gasteiger partial charge < -0.3 is 9.64 Å². The van der Waals surface area contributed by atoms with Crippen molar-refractivity contribution in [2.24, 2.45) is 0 Å². The van der Waals surface area contributed by atoms with Crippen molar-refractivity contribution < 1.29 is 14.3 Å². The number of nitrogens with zero attached hydrogens (tertiary/aromatic N) is 3. The third-order valence-electron chi connectivity index (χ3n) is 3.97. The molecule has 0 radical (unpaired) electrons. The highest BCUT2D eigenvalue weighted by Gasteiger charge is 2.31. The van der Waals surface area contributed by atoms with Crippen molar-refractivity contribution in [3.63, 3.8) is 0 Å². The number of hydrogen-bond acceptors (Lipinski definition) is 4. The first kappa shape index (κ1) is 15.5. The highest BCUT2D eigenvalue weighted by molar-refractivity contribution is 5.95. The molecule has 0 atom stereocenters. The summed E-state index contributed by atoms with van der Waals surface area (Å²) in [5.74, 6) is -0.510. The smallest absolute Gasteiger partial charge is 0.325 e. The molecule has 1 aromatic rings. The predicted molar refractivity (Wildman–Crippen MR) is 77.9 cm³/mol. The quantitative estimate of drug-likeness (QED) is 0.776. The lowest BCUT2D eigenvalue weighted by molar-refractivity contribution is -0.141. The lowest BCUT2D eigenvalue weighted by Gasteiger charge is -2.27. The molecule has 0 bridgehead atoms. The van der Waals surface area contributed by atoms with Gasteiger partial charge in [-0.25, -0.2) is 0 Å². The third kappa shape index (κ3) is 3.43. The Kier molecular flexibility index (Phi) is 4.98. The number of amides is 1. The van der Waals surface area contributed by atoms with E-state index >= 15 is 0 Å². The van der Waals surface area contributed by atoms with Gasteiger partial charge in [-0.2, -0.15) is 5.10 Å². The number of esters is 1. The van der Waals surface area contributed by atoms with Gasteiger partial charge in [0.2, 0.25) is 0 Å². The zero-order valence-corrected chi connectivity index (χ0v) is 13.0. The van der Waals surface area contributed by atoms with Gasteiger partial charge in [-0.1, -0.05) is 12.8 Å². The zero-order chi connectivity index (χ0) is 15.4. The van der Waals surface area contributed by atoms with Crippen LogP contribution in [0.5, 0.6) is 0 Å². The van der Waals surface area contributed by atoms with Gasteiger partial charge in [0.25, 0.3) is 5.91 Å². The van der Waals surface area contributed by atoms with Crippen molar-refractivity contribution in [3.05, 3.63) is 17.5 Å². The Morgan fingerprint density at radius 1 is 1.43 bits per heavy atom. The van der Waals surface area contributed by atoms with E-state index in [9.17, 15) is 9.59 Å². The lowest BCUT2D eigenvalue weighted by atomic mass is 10.2. The second-order valence-corrected chi connectivity index (χ2v) is 5.43. The second kappa shape index (κ2) is 6.74. The van der Waals surface area contributed by atoms with E-state index in [1.165, 1.54) is 7.11 Å². The van der Waals surface area contributed by atoms with Crippen LogP contribution in [0.2, 0.25) is 0 Å². The molecule has 0 unspecified atom stereocenters. The first-order valence-electron chi connectivity index (χ1n) is 7.49. The summed E-state index contributed by atoms with van der Waals surface area (Å²) in [6.07, 6.45) is 4.09. The monoisotopic (exact) mass is 293 g/mol. The maximum Gasteiger partial charge on any atom is 0.325 e. The van der Waals surface area contributed by atoms with Gasteiger partial charge in [-0.05, 0) is 32.8 Å². The fourth-order valence-electron chi connectivity index (χ4n) is 2.89. The van der Waals surface area contributed by atoms with Crippen LogP contribution in [0.15, 0.2) is 6.07 Å². The van der Waals surface area contributed by atoms with Crippen molar-refractivity contribution in [2.45, 2.75) is 52.1 Å². The number of aromatic nitrogens is 2. The average molecular weight is 293 g/mol. The normalized spacial score (nSPS) is 15.2. The molecule has 1 amide bonds. The van der Waals surface area contributed by atoms with E-state index in [4.69, 9.17) is 4.74 Å². The van der Waals surface area contributed by atoms with Crippen LogP contribution in [-0.2, 0) is 16.1 Å². The summed E-state index contributed by atoms with van der Waals surface area (Å²) in [6, 6.07) is 1.91. The molecule has 1 fully saturated rings. The van der Waals surface area contributed by atoms with Crippen molar-refractivity contribution in [1.82, 2.24) is 14.7 Å². The van der Waals surface area contributed by atoms with Gasteiger partial charge in [0, 0.05) is 12.6 Å². The summed E-state index contributed by atoms with van der Waals surface area (Å²) in [5.41, 5.74) is 1.36. The van der Waals surface area contributed by atoms with E-state index in [1.807, 2.05) is 13.8 Å². The van der Waals surface area contributed by atoms with E-state index in [2.05, 4.69) is 5.10 Å². The summed E-state index contributed by atoms with van der Waals surface area (Å²) in [7, 11) is 1.35. The topological polar surface area (TPSA) is 64.4 Å². The van der Waals surface area contributed by atoms with Crippen LogP contribution in [0.1, 0.15) is 48.8 Å². The summed E-state index contributed by atoms with van der Waals surface area (Å²) in [6.45, 7) is 4.45. The van der Waals surface area contributed by atoms with Crippen LogP contribution in [0.3, 0.4) is 0 Å². The fraction of sp³-hybridized carbons (Fsp3) is 0.667. The Morgan fingerprint density at radius 3 is 2.67 bits per heavy atom. The zero-order valence-electron chi connectivity index (χ0n) is 13.0. The highest BCUT2D eigenvalue weighted by Crippen LogP contribution is 2.25. The lowest BCUT2D eigenvalue weighted by Crippen LogP contribution is -2.43. The molecule has 0 N–H and O–H groups in total. The van der Waals surface area contributed by atoms with Gasteiger partial charge >= 0.3 is 5.97 Å². The molecule has 1 aliphatic carbocycles. The number of aryl methyl sites for hydroxylation is 2. The van der Waals surface area contributed by atoms with Crippen molar-refractivity contribution in [3.8, 4) is 0 Å². The van der Waals surface area contributed by atoms with Gasteiger partial charge in [-0.15, -0.1) is 0 Å². The molecule has 0 saturated heterocycles. The average Bonchev–Trinajstić information content (AvgIpc) is 3.12. The van der Waals surface area contributed by atoms with Crippen LogP contribution in [-0.4, -0.2) is 46.3 Å². The van der Waals surface area contributed by atoms with Crippen molar-refractivity contribution in [1.29, 1.82) is 0 Å². The second-order valence-electron chi connectivity index (χ2n) is 5.43. The molecular formula is C15H23N3O3. The highest BCUT2D eigenvalue weighted by atomic mass is 16.5. The van der Waals surface area contributed by atoms with Crippen LogP contribution in [0, 0.1) is 6.92 Å². The number of rotatable bonds is 5. The largest absolute Gasteiger partial charge is 0.468 e. The third-order valence-corrected chi connectivity index (χ3v) is 3.97. The number of carbonyl (C=O) groups is 2. The Hall–Kier alpha value is -1.85. The molecule has 0 aliphatic heterocycles. The Balaban J connectivity index is 2.25. The maximum atomic E-state index is 12.8. The number of ether oxygens (including phenoxy) is 1. The SMILES string of the molecule is CCn1nc(C)cc1C(=O)N(CC(=O)OC)C1CCCC1. The molecule has 1 aliphatic rings.